The van der Waals surface area contributed by atoms with Crippen LogP contribution in [0.1, 0.15) is 31.0 Å². The number of amides is 2. The number of fused-ring (bicyclic) bond motifs is 4. The summed E-state index contributed by atoms with van der Waals surface area (Å²) in [7, 11) is 0. The van der Waals surface area contributed by atoms with Gasteiger partial charge in [-0.05, 0) is 30.5 Å². The van der Waals surface area contributed by atoms with Crippen LogP contribution < -0.4 is 10.9 Å². The number of hydrogen-bond acceptors (Lipinski definition) is 5. The maximum atomic E-state index is 12.9. The average Bonchev–Trinajstić information content (AvgIpc) is 2.73. The highest BCUT2D eigenvalue weighted by molar-refractivity contribution is 7.99. The number of piperidine rings is 1. The molecule has 2 amide bonds. The molecule has 152 valence electrons. The van der Waals surface area contributed by atoms with Gasteiger partial charge in [-0.2, -0.15) is 0 Å². The summed E-state index contributed by atoms with van der Waals surface area (Å²) in [6, 6.07) is 10.8. The van der Waals surface area contributed by atoms with Crippen LogP contribution in [0.5, 0.6) is 0 Å². The molecule has 1 fully saturated rings. The smallest absolute Gasteiger partial charge is 0.251 e. The number of nitrogens with one attached hydrogen (secondary N) is 1. The predicted octanol–water partition coefficient (Wildman–Crippen LogP) is 1.66. The van der Waals surface area contributed by atoms with Gasteiger partial charge in [0, 0.05) is 50.4 Å². The third-order valence-electron chi connectivity index (χ3n) is 5.69. The highest BCUT2D eigenvalue weighted by Gasteiger charge is 2.41. The summed E-state index contributed by atoms with van der Waals surface area (Å²) in [6.45, 7) is 3.10. The SMILES string of the molecule is CC(=O)NC[C@H]1[C@H]2C[C@H](CN(C(=O)CSc3ccccn3)C2)c2cccc(=O)n21. The first-order valence-corrected chi connectivity index (χ1v) is 10.8. The van der Waals surface area contributed by atoms with Crippen LogP contribution in [0.4, 0.5) is 0 Å². The number of nitrogens with zero attached hydrogens (tertiary/aromatic N) is 3. The van der Waals surface area contributed by atoms with Gasteiger partial charge in [-0.15, -0.1) is 0 Å². The molecule has 3 atom stereocenters. The molecule has 2 bridgehead atoms. The summed E-state index contributed by atoms with van der Waals surface area (Å²) in [5, 5.41) is 3.69. The summed E-state index contributed by atoms with van der Waals surface area (Å²) in [5.41, 5.74) is 0.914. The van der Waals surface area contributed by atoms with Crippen LogP contribution in [0.2, 0.25) is 0 Å². The van der Waals surface area contributed by atoms with Crippen LogP contribution in [0.15, 0.2) is 52.4 Å². The number of thioether (sulfide) groups is 1. The molecule has 2 aromatic rings. The van der Waals surface area contributed by atoms with Crippen LogP contribution in [-0.4, -0.2) is 51.7 Å². The van der Waals surface area contributed by atoms with E-state index in [0.717, 1.165) is 17.1 Å². The molecule has 29 heavy (non-hydrogen) atoms. The van der Waals surface area contributed by atoms with Crippen molar-refractivity contribution >= 4 is 23.6 Å². The average molecular weight is 413 g/mol. The number of rotatable bonds is 5. The molecule has 0 aromatic carbocycles. The number of hydrogen-bond donors (Lipinski definition) is 1. The summed E-state index contributed by atoms with van der Waals surface area (Å²) in [4.78, 5) is 43.1. The largest absolute Gasteiger partial charge is 0.354 e. The Balaban J connectivity index is 1.53. The molecule has 2 aliphatic rings. The third kappa shape index (κ3) is 4.22. The van der Waals surface area contributed by atoms with E-state index in [1.54, 1.807) is 18.3 Å². The first-order valence-electron chi connectivity index (χ1n) is 9.80. The lowest BCUT2D eigenvalue weighted by Crippen LogP contribution is -2.53. The third-order valence-corrected chi connectivity index (χ3v) is 6.62. The molecule has 1 saturated heterocycles. The normalized spacial score (nSPS) is 22.7. The minimum Gasteiger partial charge on any atom is -0.354 e. The Labute approximate surface area is 173 Å². The number of pyridine rings is 2. The summed E-state index contributed by atoms with van der Waals surface area (Å²) in [6.07, 6.45) is 2.64. The van der Waals surface area contributed by atoms with Crippen molar-refractivity contribution in [3.05, 3.63) is 58.6 Å². The van der Waals surface area contributed by atoms with Gasteiger partial charge in [-0.25, -0.2) is 4.98 Å². The second kappa shape index (κ2) is 8.41. The second-order valence-corrected chi connectivity index (χ2v) is 8.61. The maximum Gasteiger partial charge on any atom is 0.251 e. The lowest BCUT2D eigenvalue weighted by atomic mass is 9.78. The highest BCUT2D eigenvalue weighted by Crippen LogP contribution is 2.41. The van der Waals surface area contributed by atoms with E-state index in [9.17, 15) is 14.4 Å². The predicted molar refractivity (Wildman–Crippen MR) is 111 cm³/mol. The van der Waals surface area contributed by atoms with Crippen molar-refractivity contribution in [1.29, 1.82) is 0 Å². The molecule has 2 aliphatic heterocycles. The van der Waals surface area contributed by atoms with Crippen molar-refractivity contribution in [3.8, 4) is 0 Å². The fourth-order valence-electron chi connectivity index (χ4n) is 4.42. The lowest BCUT2D eigenvalue weighted by Gasteiger charge is -2.47. The quantitative estimate of drug-likeness (QED) is 0.755. The molecular weight excluding hydrogens is 388 g/mol. The highest BCUT2D eigenvalue weighted by atomic mass is 32.2. The zero-order valence-corrected chi connectivity index (χ0v) is 17.1. The molecule has 0 spiro atoms. The Bertz CT molecular complexity index is 962. The van der Waals surface area contributed by atoms with Crippen molar-refractivity contribution in [2.45, 2.75) is 30.3 Å². The van der Waals surface area contributed by atoms with Gasteiger partial charge in [0.2, 0.25) is 11.8 Å². The Morgan fingerprint density at radius 2 is 2.07 bits per heavy atom. The van der Waals surface area contributed by atoms with Crippen molar-refractivity contribution < 1.29 is 9.59 Å². The first kappa shape index (κ1) is 19.7. The van der Waals surface area contributed by atoms with E-state index in [-0.39, 0.29) is 35.3 Å². The van der Waals surface area contributed by atoms with E-state index < -0.39 is 0 Å². The molecule has 0 saturated carbocycles. The summed E-state index contributed by atoms with van der Waals surface area (Å²) in [5.74, 6) is 0.583. The standard InChI is InChI=1S/C21H24N4O3S/c1-14(26)23-10-18-16-9-15(17-5-4-7-20(27)25(17)18)11-24(12-16)21(28)13-29-19-6-2-3-8-22-19/h2-8,15-16,18H,9-13H2,1H3,(H,23,26)/t15-,16+,18+/m1/s1. The van der Waals surface area contributed by atoms with E-state index in [2.05, 4.69) is 10.3 Å². The molecule has 1 N–H and O–H groups in total. The van der Waals surface area contributed by atoms with Gasteiger partial charge < -0.3 is 14.8 Å². The molecule has 0 unspecified atom stereocenters. The van der Waals surface area contributed by atoms with E-state index >= 15 is 0 Å². The fourth-order valence-corrected chi connectivity index (χ4v) is 5.18. The van der Waals surface area contributed by atoms with E-state index in [1.807, 2.05) is 33.7 Å². The van der Waals surface area contributed by atoms with Crippen LogP contribution in [0.25, 0.3) is 0 Å². The van der Waals surface area contributed by atoms with Crippen LogP contribution >= 0.6 is 11.8 Å². The number of carbonyl (C=O) groups is 2. The Hall–Kier alpha value is -2.61. The minimum atomic E-state index is -0.141. The van der Waals surface area contributed by atoms with Crippen LogP contribution in [0.3, 0.4) is 0 Å². The van der Waals surface area contributed by atoms with Gasteiger partial charge >= 0.3 is 0 Å². The summed E-state index contributed by atoms with van der Waals surface area (Å²) < 4.78 is 1.83. The van der Waals surface area contributed by atoms with Gasteiger partial charge in [0.15, 0.2) is 0 Å². The van der Waals surface area contributed by atoms with Gasteiger partial charge in [-0.1, -0.05) is 23.9 Å². The van der Waals surface area contributed by atoms with Crippen LogP contribution in [0, 0.1) is 5.92 Å². The maximum absolute atomic E-state index is 12.9. The van der Waals surface area contributed by atoms with Crippen molar-refractivity contribution in [3.63, 3.8) is 0 Å². The van der Waals surface area contributed by atoms with Crippen molar-refractivity contribution in [2.24, 2.45) is 5.92 Å². The van der Waals surface area contributed by atoms with E-state index in [4.69, 9.17) is 0 Å². The Morgan fingerprint density at radius 1 is 1.21 bits per heavy atom. The molecule has 0 radical (unpaired) electrons. The van der Waals surface area contributed by atoms with Gasteiger partial charge in [0.05, 0.1) is 16.8 Å². The van der Waals surface area contributed by atoms with Crippen molar-refractivity contribution in [1.82, 2.24) is 19.8 Å². The molecule has 0 aliphatic carbocycles. The molecule has 7 nitrogen and oxygen atoms in total. The van der Waals surface area contributed by atoms with Gasteiger partial charge in [0.25, 0.3) is 5.56 Å². The Morgan fingerprint density at radius 3 is 2.83 bits per heavy atom. The monoisotopic (exact) mass is 412 g/mol. The number of aromatic nitrogens is 2. The lowest BCUT2D eigenvalue weighted by molar-refractivity contribution is -0.131. The molecule has 4 rings (SSSR count). The fraction of sp³-hybridized carbons (Fsp3) is 0.429. The Kier molecular flexibility index (Phi) is 5.71. The number of likely N-dealkylation sites (tertiary alicyclic amines) is 1. The molecule has 2 aromatic heterocycles. The zero-order valence-electron chi connectivity index (χ0n) is 16.3. The van der Waals surface area contributed by atoms with Gasteiger partial charge in [-0.3, -0.25) is 14.4 Å². The van der Waals surface area contributed by atoms with Gasteiger partial charge in [0.1, 0.15) is 0 Å². The second-order valence-electron chi connectivity index (χ2n) is 7.61. The first-order chi connectivity index (χ1) is 14.0. The molecule has 4 heterocycles. The van der Waals surface area contributed by atoms with E-state index in [1.165, 1.54) is 18.7 Å². The minimum absolute atomic E-state index is 0.0435. The topological polar surface area (TPSA) is 84.3 Å². The number of carbonyl (C=O) groups excluding carboxylic acids is 2. The van der Waals surface area contributed by atoms with E-state index in [0.29, 0.717) is 25.4 Å². The van der Waals surface area contributed by atoms with Crippen molar-refractivity contribution in [2.75, 3.05) is 25.4 Å². The zero-order chi connectivity index (χ0) is 20.4. The molecule has 8 heteroatoms. The summed E-state index contributed by atoms with van der Waals surface area (Å²) >= 11 is 1.44. The molecular formula is C21H24N4O3S. The van der Waals surface area contributed by atoms with Crippen LogP contribution in [-0.2, 0) is 9.59 Å².